The number of halogens is 1. The fourth-order valence-corrected chi connectivity index (χ4v) is 3.50. The first kappa shape index (κ1) is 16.4. The molecule has 0 fully saturated rings. The van der Waals surface area contributed by atoms with Gasteiger partial charge in [0, 0.05) is 4.47 Å². The number of H-pyrrole nitrogens is 1. The quantitative estimate of drug-likeness (QED) is 0.747. The summed E-state index contributed by atoms with van der Waals surface area (Å²) in [4.78, 5) is 15.1. The molecule has 118 valence electrons. The minimum Gasteiger partial charge on any atom is -0.469 e. The maximum absolute atomic E-state index is 12.3. The van der Waals surface area contributed by atoms with Crippen molar-refractivity contribution in [1.29, 1.82) is 0 Å². The number of hydrogen-bond donors (Lipinski definition) is 2. The van der Waals surface area contributed by atoms with Gasteiger partial charge >= 0.3 is 5.97 Å². The van der Waals surface area contributed by atoms with Crippen LogP contribution in [-0.2, 0) is 26.0 Å². The van der Waals surface area contributed by atoms with Gasteiger partial charge < -0.3 is 4.74 Å². The number of nitrogens with zero attached hydrogens (tertiary/aromatic N) is 2. The van der Waals surface area contributed by atoms with Crippen molar-refractivity contribution in [1.82, 2.24) is 15.2 Å². The molecule has 1 heterocycles. The van der Waals surface area contributed by atoms with E-state index in [4.69, 9.17) is 0 Å². The van der Waals surface area contributed by atoms with Crippen LogP contribution in [0.5, 0.6) is 0 Å². The number of carbonyl (C=O) groups excluding carboxylic acids is 1. The van der Waals surface area contributed by atoms with Crippen molar-refractivity contribution in [2.45, 2.75) is 18.2 Å². The minimum absolute atomic E-state index is 0.0821. The Bertz CT molecular complexity index is 783. The summed E-state index contributed by atoms with van der Waals surface area (Å²) in [5, 5.41) is 6.18. The number of hydrogen-bond acceptors (Lipinski definition) is 6. The molecule has 1 aromatic heterocycles. The Morgan fingerprint density at radius 2 is 2.14 bits per heavy atom. The first-order valence-corrected chi connectivity index (χ1v) is 8.36. The molecule has 22 heavy (non-hydrogen) atoms. The number of sulfonamides is 1. The van der Waals surface area contributed by atoms with E-state index in [-0.39, 0.29) is 23.1 Å². The van der Waals surface area contributed by atoms with Crippen LogP contribution in [0.1, 0.15) is 11.4 Å². The second-order valence-electron chi connectivity index (χ2n) is 4.43. The molecule has 0 unspecified atom stereocenters. The van der Waals surface area contributed by atoms with Crippen LogP contribution in [0.25, 0.3) is 0 Å². The lowest BCUT2D eigenvalue weighted by molar-refractivity contribution is -0.139. The Kier molecular flexibility index (Phi) is 4.81. The number of aromatic amines is 1. The number of anilines is 1. The van der Waals surface area contributed by atoms with E-state index in [1.165, 1.54) is 19.2 Å². The molecule has 1 aromatic carbocycles. The molecule has 2 aromatic rings. The SMILES string of the molecule is COC(=O)Cc1nc(NS(=O)(=O)c2cc(C)cc(Br)c2)n[nH]1. The van der Waals surface area contributed by atoms with Crippen molar-refractivity contribution in [3.63, 3.8) is 0 Å². The van der Waals surface area contributed by atoms with Gasteiger partial charge in [-0.3, -0.25) is 9.89 Å². The average molecular weight is 389 g/mol. The van der Waals surface area contributed by atoms with E-state index in [1.54, 1.807) is 13.0 Å². The van der Waals surface area contributed by atoms with E-state index in [9.17, 15) is 13.2 Å². The van der Waals surface area contributed by atoms with Crippen LogP contribution in [-0.4, -0.2) is 36.7 Å². The summed E-state index contributed by atoms with van der Waals surface area (Å²) >= 11 is 3.25. The number of carbonyl (C=O) groups is 1. The number of esters is 1. The van der Waals surface area contributed by atoms with E-state index in [1.807, 2.05) is 0 Å². The Labute approximate surface area is 135 Å². The smallest absolute Gasteiger partial charge is 0.313 e. The van der Waals surface area contributed by atoms with E-state index < -0.39 is 16.0 Å². The fraction of sp³-hybridized carbons (Fsp3) is 0.250. The Morgan fingerprint density at radius 3 is 2.77 bits per heavy atom. The number of aryl methyl sites for hydroxylation is 1. The zero-order valence-electron chi connectivity index (χ0n) is 11.8. The van der Waals surface area contributed by atoms with Gasteiger partial charge in [-0.2, -0.15) is 4.98 Å². The van der Waals surface area contributed by atoms with Gasteiger partial charge in [-0.25, -0.2) is 13.1 Å². The molecule has 0 aliphatic rings. The van der Waals surface area contributed by atoms with Crippen LogP contribution < -0.4 is 4.72 Å². The van der Waals surface area contributed by atoms with Crippen molar-refractivity contribution in [3.05, 3.63) is 34.1 Å². The molecule has 2 rings (SSSR count). The number of rotatable bonds is 5. The van der Waals surface area contributed by atoms with Gasteiger partial charge in [0.25, 0.3) is 16.0 Å². The lowest BCUT2D eigenvalue weighted by Gasteiger charge is -2.06. The molecule has 0 saturated carbocycles. The van der Waals surface area contributed by atoms with Crippen LogP contribution in [0.2, 0.25) is 0 Å². The molecule has 0 aliphatic carbocycles. The third kappa shape index (κ3) is 4.04. The molecule has 0 aliphatic heterocycles. The molecule has 0 spiro atoms. The number of nitrogens with one attached hydrogen (secondary N) is 2. The minimum atomic E-state index is -3.82. The Hall–Kier alpha value is -1.94. The monoisotopic (exact) mass is 388 g/mol. The standard InChI is InChI=1S/C12H13BrN4O4S/c1-7-3-8(13)5-9(4-7)22(19,20)17-12-14-10(15-16-12)6-11(18)21-2/h3-5H,6H2,1-2H3,(H2,14,15,16,17). The third-order valence-corrected chi connectivity index (χ3v) is 4.39. The number of benzene rings is 1. The molecule has 0 atom stereocenters. The van der Waals surface area contributed by atoms with E-state index in [2.05, 4.69) is 40.6 Å². The zero-order chi connectivity index (χ0) is 16.3. The van der Waals surface area contributed by atoms with Gasteiger partial charge in [-0.05, 0) is 30.7 Å². The lowest BCUT2D eigenvalue weighted by atomic mass is 10.2. The summed E-state index contributed by atoms with van der Waals surface area (Å²) in [5.74, 6) is -0.445. The summed E-state index contributed by atoms with van der Waals surface area (Å²) < 4.78 is 31.9. The molecule has 2 N–H and O–H groups in total. The maximum Gasteiger partial charge on any atom is 0.313 e. The highest BCUT2D eigenvalue weighted by atomic mass is 79.9. The van der Waals surface area contributed by atoms with Crippen molar-refractivity contribution >= 4 is 37.9 Å². The number of aromatic nitrogens is 3. The third-order valence-electron chi connectivity index (χ3n) is 2.62. The molecule has 0 amide bonds. The van der Waals surface area contributed by atoms with Crippen LogP contribution in [0.3, 0.4) is 0 Å². The Balaban J connectivity index is 2.20. The van der Waals surface area contributed by atoms with Gasteiger partial charge in [-0.15, -0.1) is 5.10 Å². The fourth-order valence-electron chi connectivity index (χ4n) is 1.67. The highest BCUT2D eigenvalue weighted by molar-refractivity contribution is 9.10. The predicted octanol–water partition coefficient (Wildman–Crippen LogP) is 1.39. The summed E-state index contributed by atoms with van der Waals surface area (Å²) in [6.45, 7) is 1.78. The van der Waals surface area contributed by atoms with E-state index in [0.717, 1.165) is 5.56 Å². The Morgan fingerprint density at radius 1 is 1.41 bits per heavy atom. The number of ether oxygens (including phenoxy) is 1. The summed E-state index contributed by atoms with van der Waals surface area (Å²) in [6.07, 6.45) is -0.124. The second-order valence-corrected chi connectivity index (χ2v) is 7.03. The molecule has 0 saturated heterocycles. The van der Waals surface area contributed by atoms with Crippen molar-refractivity contribution < 1.29 is 17.9 Å². The average Bonchev–Trinajstić information content (AvgIpc) is 2.83. The molecule has 8 nitrogen and oxygen atoms in total. The molecule has 0 radical (unpaired) electrons. The largest absolute Gasteiger partial charge is 0.469 e. The van der Waals surface area contributed by atoms with Crippen molar-refractivity contribution in [3.8, 4) is 0 Å². The van der Waals surface area contributed by atoms with E-state index in [0.29, 0.717) is 4.47 Å². The molecule has 0 bridgehead atoms. The molecule has 10 heteroatoms. The zero-order valence-corrected chi connectivity index (χ0v) is 14.2. The summed E-state index contributed by atoms with van der Waals surface area (Å²) in [7, 11) is -2.57. The summed E-state index contributed by atoms with van der Waals surface area (Å²) in [5.41, 5.74) is 0.788. The number of methoxy groups -OCH3 is 1. The first-order valence-electron chi connectivity index (χ1n) is 6.08. The highest BCUT2D eigenvalue weighted by Crippen LogP contribution is 2.20. The molecular weight excluding hydrogens is 376 g/mol. The van der Waals surface area contributed by atoms with Crippen LogP contribution in [0, 0.1) is 6.92 Å². The maximum atomic E-state index is 12.3. The van der Waals surface area contributed by atoms with Gasteiger partial charge in [-0.1, -0.05) is 15.9 Å². The summed E-state index contributed by atoms with van der Waals surface area (Å²) in [6, 6.07) is 4.78. The normalized spacial score (nSPS) is 11.2. The van der Waals surface area contributed by atoms with Gasteiger partial charge in [0.1, 0.15) is 12.2 Å². The van der Waals surface area contributed by atoms with E-state index >= 15 is 0 Å². The van der Waals surface area contributed by atoms with Crippen LogP contribution in [0.4, 0.5) is 5.95 Å². The van der Waals surface area contributed by atoms with Gasteiger partial charge in [0.15, 0.2) is 0 Å². The lowest BCUT2D eigenvalue weighted by Crippen LogP contribution is -2.14. The predicted molar refractivity (Wildman–Crippen MR) is 81.8 cm³/mol. The van der Waals surface area contributed by atoms with Crippen molar-refractivity contribution in [2.24, 2.45) is 0 Å². The van der Waals surface area contributed by atoms with Crippen LogP contribution in [0.15, 0.2) is 27.6 Å². The first-order chi connectivity index (χ1) is 10.3. The second kappa shape index (κ2) is 6.44. The molecular formula is C12H13BrN4O4S. The van der Waals surface area contributed by atoms with Gasteiger partial charge in [0.2, 0.25) is 0 Å². The van der Waals surface area contributed by atoms with Crippen LogP contribution >= 0.6 is 15.9 Å². The topological polar surface area (TPSA) is 114 Å². The van der Waals surface area contributed by atoms with Crippen molar-refractivity contribution in [2.75, 3.05) is 11.8 Å². The highest BCUT2D eigenvalue weighted by Gasteiger charge is 2.18. The van der Waals surface area contributed by atoms with Gasteiger partial charge in [0.05, 0.1) is 12.0 Å².